The zero-order valence-corrected chi connectivity index (χ0v) is 15.2. The molecule has 7 rings (SSSR count). The minimum absolute atomic E-state index is 0.140. The van der Waals surface area contributed by atoms with E-state index >= 15 is 0 Å². The number of carbonyl (C=O) groups excluding carboxylic acids is 1. The summed E-state index contributed by atoms with van der Waals surface area (Å²) in [7, 11) is 0. The summed E-state index contributed by atoms with van der Waals surface area (Å²) in [5.74, 6) is 0.00405. The monoisotopic (exact) mass is 354 g/mol. The van der Waals surface area contributed by atoms with E-state index in [1.54, 1.807) is 12.2 Å². The molecule has 0 aliphatic heterocycles. The Kier molecular flexibility index (Phi) is 4.88. The maximum absolute atomic E-state index is 12.9. The first kappa shape index (κ1) is 17.3. The van der Waals surface area contributed by atoms with Crippen LogP contribution >= 0.6 is 0 Å². The maximum Gasteiger partial charge on any atom is 0.189 e. The van der Waals surface area contributed by atoms with E-state index in [1.165, 1.54) is 11.1 Å². The van der Waals surface area contributed by atoms with Crippen LogP contribution in [-0.4, -0.2) is 10.9 Å². The summed E-state index contributed by atoms with van der Waals surface area (Å²) in [5, 5.41) is 10.8. The smallest absolute Gasteiger partial charge is 0.189 e. The van der Waals surface area contributed by atoms with Gasteiger partial charge in [-0.3, -0.25) is 4.79 Å². The highest BCUT2D eigenvalue weighted by Crippen LogP contribution is 2.30. The fraction of sp³-hybridized carbons (Fsp3) is 0.160. The Hall–Kier alpha value is -3.13. The zero-order chi connectivity index (χ0) is 18.6. The second-order valence-electron chi connectivity index (χ2n) is 7.03. The van der Waals surface area contributed by atoms with Gasteiger partial charge in [-0.25, -0.2) is 0 Å². The van der Waals surface area contributed by atoms with Crippen LogP contribution in [0.3, 0.4) is 0 Å². The van der Waals surface area contributed by atoms with Gasteiger partial charge in [0, 0.05) is 0 Å². The van der Waals surface area contributed by atoms with Gasteiger partial charge in [0.25, 0.3) is 0 Å². The van der Waals surface area contributed by atoms with Crippen molar-refractivity contribution in [2.45, 2.75) is 25.7 Å². The van der Waals surface area contributed by atoms with E-state index in [2.05, 4.69) is 24.3 Å². The number of hydrogen-bond acceptors (Lipinski definition) is 2. The summed E-state index contributed by atoms with van der Waals surface area (Å²) < 4.78 is 0. The topological polar surface area (TPSA) is 37.3 Å². The van der Waals surface area contributed by atoms with Gasteiger partial charge in [-0.1, -0.05) is 72.8 Å². The van der Waals surface area contributed by atoms with Crippen molar-refractivity contribution in [1.29, 1.82) is 0 Å². The highest BCUT2D eigenvalue weighted by molar-refractivity contribution is 6.09. The lowest BCUT2D eigenvalue weighted by atomic mass is 9.90. The van der Waals surface area contributed by atoms with Crippen LogP contribution in [0.15, 0.2) is 72.8 Å². The van der Waals surface area contributed by atoms with Crippen molar-refractivity contribution >= 4 is 11.9 Å². The molecule has 3 aromatic carbocycles. The van der Waals surface area contributed by atoms with Gasteiger partial charge >= 0.3 is 0 Å². The third kappa shape index (κ3) is 3.85. The van der Waals surface area contributed by atoms with Gasteiger partial charge < -0.3 is 5.11 Å². The van der Waals surface area contributed by atoms with Crippen LogP contribution in [0.25, 0.3) is 6.08 Å². The Bertz CT molecular complexity index is 983. The van der Waals surface area contributed by atoms with Crippen molar-refractivity contribution in [3.63, 3.8) is 0 Å². The molecule has 0 saturated carbocycles. The Balaban J connectivity index is 1.70. The van der Waals surface area contributed by atoms with Crippen LogP contribution in [0.1, 0.15) is 38.2 Å². The second kappa shape index (κ2) is 7.63. The van der Waals surface area contributed by atoms with E-state index in [0.717, 1.165) is 36.0 Å². The zero-order valence-electron chi connectivity index (χ0n) is 15.2. The van der Waals surface area contributed by atoms with E-state index in [-0.39, 0.29) is 11.5 Å². The highest BCUT2D eigenvalue weighted by Gasteiger charge is 2.18. The number of phenols is 1. The minimum Gasteiger partial charge on any atom is -0.507 e. The molecule has 0 heterocycles. The molecule has 0 amide bonds. The predicted molar refractivity (Wildman–Crippen MR) is 109 cm³/mol. The van der Waals surface area contributed by atoms with E-state index in [9.17, 15) is 9.90 Å². The predicted octanol–water partition coefficient (Wildman–Crippen LogP) is 5.17. The standard InChI is InChI=1S/C25H22O2/c26-23(17-12-18-4-2-1-3-5-18)24-21-13-10-19-6-8-20(9-7-19)11-14-22(16-15-21)25(24)27/h1-9,12,15-17,27H,10-11,13-14H2/b17-12+. The van der Waals surface area contributed by atoms with Crippen molar-refractivity contribution in [1.82, 2.24) is 0 Å². The molecule has 4 aliphatic rings. The third-order valence-electron chi connectivity index (χ3n) is 5.21. The molecule has 134 valence electrons. The molecule has 2 nitrogen and oxygen atoms in total. The first-order valence-corrected chi connectivity index (χ1v) is 9.40. The van der Waals surface area contributed by atoms with Gasteiger partial charge in [0.1, 0.15) is 5.75 Å². The normalized spacial score (nSPS) is 13.5. The number of phenolic OH excluding ortho intramolecular Hbond substituents is 1. The Labute approximate surface area is 159 Å². The van der Waals surface area contributed by atoms with Crippen LogP contribution in [0.5, 0.6) is 5.75 Å². The third-order valence-corrected chi connectivity index (χ3v) is 5.21. The summed E-state index contributed by atoms with van der Waals surface area (Å²) in [4.78, 5) is 12.9. The molecular weight excluding hydrogens is 332 g/mol. The van der Waals surface area contributed by atoms with Crippen LogP contribution < -0.4 is 0 Å². The lowest BCUT2D eigenvalue weighted by Crippen LogP contribution is -2.07. The molecule has 0 saturated heterocycles. The fourth-order valence-electron chi connectivity index (χ4n) is 3.61. The van der Waals surface area contributed by atoms with Gasteiger partial charge in [-0.15, -0.1) is 0 Å². The molecule has 3 aromatic rings. The number of allylic oxidation sites excluding steroid dienone is 1. The van der Waals surface area contributed by atoms with E-state index in [4.69, 9.17) is 0 Å². The maximum atomic E-state index is 12.9. The molecular formula is C25H22O2. The molecule has 0 spiro atoms. The lowest BCUT2D eigenvalue weighted by Gasteiger charge is -2.15. The highest BCUT2D eigenvalue weighted by atomic mass is 16.3. The van der Waals surface area contributed by atoms with Crippen LogP contribution in [0.2, 0.25) is 0 Å². The minimum atomic E-state index is -0.140. The van der Waals surface area contributed by atoms with Crippen LogP contribution in [0.4, 0.5) is 0 Å². The summed E-state index contributed by atoms with van der Waals surface area (Å²) in [6.45, 7) is 0. The molecule has 1 N–H and O–H groups in total. The van der Waals surface area contributed by atoms with E-state index in [1.807, 2.05) is 42.5 Å². The van der Waals surface area contributed by atoms with Gasteiger partial charge in [0.05, 0.1) is 5.56 Å². The number of carbonyl (C=O) groups is 1. The van der Waals surface area contributed by atoms with Gasteiger partial charge in [-0.05, 0) is 59.6 Å². The Morgan fingerprint density at radius 3 is 2.00 bits per heavy atom. The molecule has 4 bridgehead atoms. The van der Waals surface area contributed by atoms with Gasteiger partial charge in [0.2, 0.25) is 0 Å². The average molecular weight is 354 g/mol. The molecule has 27 heavy (non-hydrogen) atoms. The van der Waals surface area contributed by atoms with E-state index < -0.39 is 0 Å². The molecule has 4 aliphatic carbocycles. The Morgan fingerprint density at radius 2 is 1.33 bits per heavy atom. The lowest BCUT2D eigenvalue weighted by molar-refractivity contribution is 0.104. The van der Waals surface area contributed by atoms with Crippen LogP contribution in [0, 0.1) is 0 Å². The van der Waals surface area contributed by atoms with Gasteiger partial charge in [-0.2, -0.15) is 0 Å². The summed E-state index contributed by atoms with van der Waals surface area (Å²) in [6.07, 6.45) is 6.51. The number of benzene rings is 3. The Morgan fingerprint density at radius 1 is 0.741 bits per heavy atom. The average Bonchev–Trinajstić information content (AvgIpc) is 2.69. The van der Waals surface area contributed by atoms with Crippen molar-refractivity contribution in [2.75, 3.05) is 0 Å². The number of hydrogen-bond donors (Lipinski definition) is 1. The number of rotatable bonds is 3. The van der Waals surface area contributed by atoms with Crippen molar-refractivity contribution in [2.24, 2.45) is 0 Å². The number of ketones is 1. The molecule has 0 radical (unpaired) electrons. The molecule has 2 heteroatoms. The second-order valence-corrected chi connectivity index (χ2v) is 7.03. The summed E-state index contributed by atoms with van der Waals surface area (Å²) in [5.41, 5.74) is 5.66. The van der Waals surface area contributed by atoms with Crippen molar-refractivity contribution < 1.29 is 9.90 Å². The van der Waals surface area contributed by atoms with E-state index in [0.29, 0.717) is 12.0 Å². The summed E-state index contributed by atoms with van der Waals surface area (Å²) in [6, 6.07) is 22.4. The quantitative estimate of drug-likeness (QED) is 0.520. The number of aromatic hydroxyl groups is 1. The van der Waals surface area contributed by atoms with Gasteiger partial charge in [0.15, 0.2) is 5.78 Å². The molecule has 0 aromatic heterocycles. The summed E-state index contributed by atoms with van der Waals surface area (Å²) >= 11 is 0. The van der Waals surface area contributed by atoms with Crippen molar-refractivity contribution in [3.8, 4) is 5.75 Å². The van der Waals surface area contributed by atoms with Crippen LogP contribution in [-0.2, 0) is 25.7 Å². The molecule has 0 atom stereocenters. The first-order valence-electron chi connectivity index (χ1n) is 9.40. The SMILES string of the molecule is O=C(/C=C/c1ccccc1)c1c2ccc(c1O)CCc1ccc(cc1)CC2. The van der Waals surface area contributed by atoms with Crippen molar-refractivity contribution in [3.05, 3.63) is 106 Å². The number of aryl methyl sites for hydroxylation is 4. The largest absolute Gasteiger partial charge is 0.507 e. The fourth-order valence-corrected chi connectivity index (χ4v) is 3.61. The first-order chi connectivity index (χ1) is 13.2. The molecule has 0 fully saturated rings. The molecule has 0 unspecified atom stereocenters.